The predicted octanol–water partition coefficient (Wildman–Crippen LogP) is 7.30. The van der Waals surface area contributed by atoms with Gasteiger partial charge in [-0.3, -0.25) is 0 Å². The molecule has 1 aliphatic rings. The van der Waals surface area contributed by atoms with Crippen LogP contribution in [0.3, 0.4) is 0 Å². The van der Waals surface area contributed by atoms with Gasteiger partial charge in [0.05, 0.1) is 0 Å². The molecule has 0 radical (unpaired) electrons. The van der Waals surface area contributed by atoms with Crippen molar-refractivity contribution in [2.75, 3.05) is 13.6 Å². The minimum atomic E-state index is 0.307. The Labute approximate surface area is 154 Å². The van der Waals surface area contributed by atoms with Crippen molar-refractivity contribution in [1.82, 2.24) is 4.90 Å². The van der Waals surface area contributed by atoms with Gasteiger partial charge in [0.2, 0.25) is 0 Å². The molecular formula is C23H47N. The molecule has 0 bridgehead atoms. The molecule has 2 unspecified atom stereocenters. The fraction of sp³-hybridized carbons (Fsp3) is 1.00. The fourth-order valence-corrected chi connectivity index (χ4v) is 4.96. The van der Waals surface area contributed by atoms with Gasteiger partial charge in [-0.1, -0.05) is 91.9 Å². The largest absolute Gasteiger partial charge is 0.301 e. The lowest BCUT2D eigenvalue weighted by Crippen LogP contribution is -2.60. The van der Waals surface area contributed by atoms with Gasteiger partial charge in [-0.05, 0) is 51.1 Å². The van der Waals surface area contributed by atoms with Gasteiger partial charge >= 0.3 is 0 Å². The summed E-state index contributed by atoms with van der Waals surface area (Å²) in [5.41, 5.74) is 0.710. The first kappa shape index (κ1) is 22.0. The van der Waals surface area contributed by atoms with E-state index in [9.17, 15) is 0 Å². The normalized spacial score (nSPS) is 24.9. The Morgan fingerprint density at radius 2 is 1.33 bits per heavy atom. The van der Waals surface area contributed by atoms with Gasteiger partial charge < -0.3 is 4.90 Å². The molecule has 1 heteroatoms. The summed E-state index contributed by atoms with van der Waals surface area (Å²) < 4.78 is 0. The van der Waals surface area contributed by atoms with E-state index in [2.05, 4.69) is 53.5 Å². The number of hydrogen-bond acceptors (Lipinski definition) is 1. The summed E-state index contributed by atoms with van der Waals surface area (Å²) in [6, 6.07) is 0. The van der Waals surface area contributed by atoms with Crippen molar-refractivity contribution >= 4 is 0 Å². The van der Waals surface area contributed by atoms with Crippen LogP contribution in [0.15, 0.2) is 0 Å². The maximum atomic E-state index is 2.61. The molecule has 144 valence electrons. The second-order valence-corrected chi connectivity index (χ2v) is 9.56. The van der Waals surface area contributed by atoms with Crippen LogP contribution in [0.25, 0.3) is 0 Å². The molecule has 24 heavy (non-hydrogen) atoms. The van der Waals surface area contributed by atoms with E-state index >= 15 is 0 Å². The first-order valence-corrected chi connectivity index (χ1v) is 11.0. The first-order valence-electron chi connectivity index (χ1n) is 11.0. The molecule has 1 saturated heterocycles. The van der Waals surface area contributed by atoms with Crippen molar-refractivity contribution in [2.24, 2.45) is 17.3 Å². The van der Waals surface area contributed by atoms with Crippen molar-refractivity contribution < 1.29 is 0 Å². The lowest BCUT2D eigenvalue weighted by Gasteiger charge is -2.58. The number of piperidine rings is 1. The van der Waals surface area contributed by atoms with Crippen LogP contribution in [0, 0.1) is 17.3 Å². The number of unbranched alkanes of at least 4 members (excludes halogenated alkanes) is 6. The standard InChI is InChI=1S/C23H47N/c1-8-10-12-13-15-17-20(16-14-11-9-2)21-18-19-24(7)23(5,6)22(21,3)4/h20-21H,8-19H2,1-7H3. The molecule has 0 spiro atoms. The van der Waals surface area contributed by atoms with Gasteiger partial charge in [0.25, 0.3) is 0 Å². The molecule has 1 rings (SSSR count). The molecular weight excluding hydrogens is 290 g/mol. The number of likely N-dealkylation sites (tertiary alicyclic amines) is 1. The number of hydrogen-bond donors (Lipinski definition) is 0. The maximum Gasteiger partial charge on any atom is 0.0203 e. The third-order valence-electron chi connectivity index (χ3n) is 7.66. The van der Waals surface area contributed by atoms with Crippen molar-refractivity contribution in [3.05, 3.63) is 0 Å². The average Bonchev–Trinajstić information content (AvgIpc) is 2.52. The zero-order valence-electron chi connectivity index (χ0n) is 18.1. The van der Waals surface area contributed by atoms with E-state index in [0.717, 1.165) is 11.8 Å². The third kappa shape index (κ3) is 5.48. The second-order valence-electron chi connectivity index (χ2n) is 9.56. The summed E-state index contributed by atoms with van der Waals surface area (Å²) in [6.07, 6.45) is 15.7. The zero-order valence-corrected chi connectivity index (χ0v) is 18.1. The van der Waals surface area contributed by atoms with Crippen LogP contribution in [-0.2, 0) is 0 Å². The second kappa shape index (κ2) is 10.2. The molecule has 1 fully saturated rings. The highest BCUT2D eigenvalue weighted by molar-refractivity contribution is 5.03. The minimum absolute atomic E-state index is 0.307. The van der Waals surface area contributed by atoms with E-state index in [1.165, 1.54) is 77.2 Å². The highest BCUT2D eigenvalue weighted by Gasteiger charge is 2.50. The first-order chi connectivity index (χ1) is 11.3. The molecule has 1 heterocycles. The lowest BCUT2D eigenvalue weighted by molar-refractivity contribution is -0.0810. The van der Waals surface area contributed by atoms with Crippen LogP contribution in [0.1, 0.15) is 112 Å². The highest BCUT2D eigenvalue weighted by Crippen LogP contribution is 2.51. The smallest absolute Gasteiger partial charge is 0.0203 e. The van der Waals surface area contributed by atoms with Crippen molar-refractivity contribution in [2.45, 2.75) is 118 Å². The molecule has 0 N–H and O–H groups in total. The van der Waals surface area contributed by atoms with E-state index in [0.29, 0.717) is 11.0 Å². The summed E-state index contributed by atoms with van der Waals surface area (Å²) in [5.74, 6) is 1.84. The van der Waals surface area contributed by atoms with E-state index in [1.54, 1.807) is 0 Å². The quantitative estimate of drug-likeness (QED) is 0.357. The van der Waals surface area contributed by atoms with Gasteiger partial charge in [0.15, 0.2) is 0 Å². The van der Waals surface area contributed by atoms with E-state index in [4.69, 9.17) is 0 Å². The minimum Gasteiger partial charge on any atom is -0.301 e. The van der Waals surface area contributed by atoms with E-state index in [-0.39, 0.29) is 0 Å². The molecule has 1 nitrogen and oxygen atoms in total. The SMILES string of the molecule is CCCCCCCC(CCCCC)C1CCN(C)C(C)(C)C1(C)C. The van der Waals surface area contributed by atoms with Crippen LogP contribution >= 0.6 is 0 Å². The van der Waals surface area contributed by atoms with Crippen molar-refractivity contribution in [3.63, 3.8) is 0 Å². The zero-order chi connectivity index (χ0) is 18.2. The Hall–Kier alpha value is -0.0400. The summed E-state index contributed by atoms with van der Waals surface area (Å²) >= 11 is 0. The monoisotopic (exact) mass is 337 g/mol. The van der Waals surface area contributed by atoms with Crippen molar-refractivity contribution in [3.8, 4) is 0 Å². The molecule has 0 aromatic heterocycles. The summed E-state index contributed by atoms with van der Waals surface area (Å²) in [6.45, 7) is 16.0. The summed E-state index contributed by atoms with van der Waals surface area (Å²) in [7, 11) is 2.33. The van der Waals surface area contributed by atoms with Gasteiger partial charge in [-0.25, -0.2) is 0 Å². The molecule has 1 aliphatic heterocycles. The highest BCUT2D eigenvalue weighted by atomic mass is 15.2. The van der Waals surface area contributed by atoms with Crippen LogP contribution in [0.5, 0.6) is 0 Å². The Morgan fingerprint density at radius 1 is 0.833 bits per heavy atom. The van der Waals surface area contributed by atoms with Crippen molar-refractivity contribution in [1.29, 1.82) is 0 Å². The van der Waals surface area contributed by atoms with Crippen LogP contribution in [0.4, 0.5) is 0 Å². The van der Waals surface area contributed by atoms with Crippen LogP contribution in [-0.4, -0.2) is 24.0 Å². The van der Waals surface area contributed by atoms with Gasteiger partial charge in [-0.2, -0.15) is 0 Å². The topological polar surface area (TPSA) is 3.24 Å². The average molecular weight is 338 g/mol. The van der Waals surface area contributed by atoms with Crippen LogP contribution in [0.2, 0.25) is 0 Å². The molecule has 0 amide bonds. The van der Waals surface area contributed by atoms with Gasteiger partial charge in [-0.15, -0.1) is 0 Å². The Bertz CT molecular complexity index is 331. The maximum absolute atomic E-state index is 2.61. The number of rotatable bonds is 11. The predicted molar refractivity (Wildman–Crippen MR) is 110 cm³/mol. The third-order valence-corrected chi connectivity index (χ3v) is 7.66. The lowest BCUT2D eigenvalue weighted by atomic mass is 9.57. The van der Waals surface area contributed by atoms with Crippen LogP contribution < -0.4 is 0 Å². The molecule has 0 aromatic carbocycles. The molecule has 0 aromatic rings. The Morgan fingerprint density at radius 3 is 1.92 bits per heavy atom. The Balaban J connectivity index is 2.72. The number of nitrogens with zero attached hydrogens (tertiary/aromatic N) is 1. The van der Waals surface area contributed by atoms with E-state index < -0.39 is 0 Å². The molecule has 0 saturated carbocycles. The van der Waals surface area contributed by atoms with E-state index in [1.807, 2.05) is 0 Å². The summed E-state index contributed by atoms with van der Waals surface area (Å²) in [4.78, 5) is 2.61. The molecule has 2 atom stereocenters. The molecule has 0 aliphatic carbocycles. The van der Waals surface area contributed by atoms with Gasteiger partial charge in [0, 0.05) is 5.54 Å². The Kier molecular flexibility index (Phi) is 9.34. The fourth-order valence-electron chi connectivity index (χ4n) is 4.96. The summed E-state index contributed by atoms with van der Waals surface area (Å²) in [5, 5.41) is 0. The van der Waals surface area contributed by atoms with Gasteiger partial charge in [0.1, 0.15) is 0 Å².